The Morgan fingerprint density at radius 1 is 1.00 bits per heavy atom. The van der Waals surface area contributed by atoms with Gasteiger partial charge in [0.05, 0.1) is 15.5 Å². The fraction of sp³-hybridized carbons (Fsp3) is 0.240. The predicted octanol–water partition coefficient (Wildman–Crippen LogP) is 4.47. The molecule has 0 radical (unpaired) electrons. The first-order valence-corrected chi connectivity index (χ1v) is 12.5. The van der Waals surface area contributed by atoms with E-state index >= 15 is 0 Å². The molecule has 10 heteroatoms. The summed E-state index contributed by atoms with van der Waals surface area (Å²) >= 11 is 0. The van der Waals surface area contributed by atoms with E-state index < -0.39 is 20.6 Å². The number of aryl methyl sites for hydroxylation is 2. The number of nitrogens with one attached hydrogen (secondary N) is 2. The van der Waals surface area contributed by atoms with Crippen LogP contribution in [0.4, 0.5) is 17.1 Å². The first kappa shape index (κ1) is 25.7. The van der Waals surface area contributed by atoms with Crippen molar-refractivity contribution < 1.29 is 18.1 Å². The standard InChI is InChI=1S/C25H28N4O5S/c1-18-9-11-22(19(2)15-18)27-35(33,34)21-10-12-23(24(16-21)29(31)32)26-14-13-25(30)28(3)17-20-7-5-4-6-8-20/h4-12,15-16,26-27H,13-14,17H2,1-3H3. The second-order valence-electron chi connectivity index (χ2n) is 8.27. The van der Waals surface area contributed by atoms with Crippen LogP contribution in [0.1, 0.15) is 23.1 Å². The van der Waals surface area contributed by atoms with Crippen LogP contribution in [0.25, 0.3) is 0 Å². The molecule has 0 aliphatic heterocycles. The van der Waals surface area contributed by atoms with Crippen molar-refractivity contribution in [3.05, 3.63) is 93.5 Å². The van der Waals surface area contributed by atoms with E-state index in [1.165, 1.54) is 12.1 Å². The van der Waals surface area contributed by atoms with E-state index in [9.17, 15) is 23.3 Å². The van der Waals surface area contributed by atoms with Gasteiger partial charge in [-0.05, 0) is 43.2 Å². The summed E-state index contributed by atoms with van der Waals surface area (Å²) in [6.45, 7) is 4.29. The Morgan fingerprint density at radius 2 is 1.69 bits per heavy atom. The third-order valence-corrected chi connectivity index (χ3v) is 6.81. The lowest BCUT2D eigenvalue weighted by Gasteiger charge is -2.17. The van der Waals surface area contributed by atoms with E-state index in [-0.39, 0.29) is 29.5 Å². The maximum atomic E-state index is 12.8. The number of hydrogen-bond donors (Lipinski definition) is 2. The van der Waals surface area contributed by atoms with Gasteiger partial charge in [-0.1, -0.05) is 48.0 Å². The van der Waals surface area contributed by atoms with Crippen LogP contribution in [0.15, 0.2) is 71.6 Å². The van der Waals surface area contributed by atoms with Crippen LogP contribution in [-0.4, -0.2) is 37.7 Å². The zero-order chi connectivity index (χ0) is 25.6. The molecule has 184 valence electrons. The molecule has 3 rings (SSSR count). The van der Waals surface area contributed by atoms with Gasteiger partial charge in [0.15, 0.2) is 0 Å². The fourth-order valence-electron chi connectivity index (χ4n) is 3.55. The zero-order valence-electron chi connectivity index (χ0n) is 19.8. The monoisotopic (exact) mass is 496 g/mol. The van der Waals surface area contributed by atoms with Crippen molar-refractivity contribution in [2.45, 2.75) is 31.7 Å². The van der Waals surface area contributed by atoms with Gasteiger partial charge in [0.2, 0.25) is 5.91 Å². The molecule has 9 nitrogen and oxygen atoms in total. The van der Waals surface area contributed by atoms with E-state index in [4.69, 9.17) is 0 Å². The molecule has 0 saturated heterocycles. The molecule has 0 aromatic heterocycles. The normalized spacial score (nSPS) is 11.1. The van der Waals surface area contributed by atoms with Gasteiger partial charge in [-0.25, -0.2) is 8.42 Å². The van der Waals surface area contributed by atoms with Crippen LogP contribution in [0.5, 0.6) is 0 Å². The van der Waals surface area contributed by atoms with Crippen molar-refractivity contribution in [2.75, 3.05) is 23.6 Å². The minimum atomic E-state index is -4.04. The molecule has 35 heavy (non-hydrogen) atoms. The third kappa shape index (κ3) is 6.80. The number of hydrogen-bond acceptors (Lipinski definition) is 6. The molecule has 0 fully saturated rings. The maximum absolute atomic E-state index is 12.8. The highest BCUT2D eigenvalue weighted by molar-refractivity contribution is 7.92. The Bertz CT molecular complexity index is 1330. The Hall–Kier alpha value is -3.92. The highest BCUT2D eigenvalue weighted by Gasteiger charge is 2.22. The number of carbonyl (C=O) groups is 1. The largest absolute Gasteiger partial charge is 0.379 e. The number of benzene rings is 3. The van der Waals surface area contributed by atoms with Crippen LogP contribution in [-0.2, 0) is 21.4 Å². The molecule has 0 spiro atoms. The summed E-state index contributed by atoms with van der Waals surface area (Å²) in [7, 11) is -2.34. The first-order chi connectivity index (χ1) is 16.6. The lowest BCUT2D eigenvalue weighted by atomic mass is 10.1. The van der Waals surface area contributed by atoms with Gasteiger partial charge >= 0.3 is 0 Å². The van der Waals surface area contributed by atoms with Crippen molar-refractivity contribution in [1.82, 2.24) is 4.90 Å². The number of carbonyl (C=O) groups excluding carboxylic acids is 1. The smallest absolute Gasteiger partial charge is 0.293 e. The van der Waals surface area contributed by atoms with Crippen molar-refractivity contribution >= 4 is 33.0 Å². The molecule has 2 N–H and O–H groups in total. The number of nitro groups is 1. The number of nitrogens with zero attached hydrogens (tertiary/aromatic N) is 2. The van der Waals surface area contributed by atoms with Gasteiger partial charge in [-0.15, -0.1) is 0 Å². The zero-order valence-corrected chi connectivity index (χ0v) is 20.6. The number of amides is 1. The molecule has 0 saturated carbocycles. The van der Waals surface area contributed by atoms with Crippen LogP contribution in [0.2, 0.25) is 0 Å². The Kier molecular flexibility index (Phi) is 8.08. The molecule has 0 unspecified atom stereocenters. The van der Waals surface area contributed by atoms with Crippen LogP contribution >= 0.6 is 0 Å². The molecule has 0 aliphatic carbocycles. The minimum Gasteiger partial charge on any atom is -0.379 e. The van der Waals surface area contributed by atoms with E-state index in [2.05, 4.69) is 10.0 Å². The summed E-state index contributed by atoms with van der Waals surface area (Å²) in [5.41, 5.74) is 2.87. The SMILES string of the molecule is Cc1ccc(NS(=O)(=O)c2ccc(NCCC(=O)N(C)Cc3ccccc3)c([N+](=O)[O-])c2)c(C)c1. The van der Waals surface area contributed by atoms with E-state index in [1.807, 2.05) is 43.3 Å². The highest BCUT2D eigenvalue weighted by atomic mass is 32.2. The molecule has 0 heterocycles. The van der Waals surface area contributed by atoms with Gasteiger partial charge < -0.3 is 10.2 Å². The van der Waals surface area contributed by atoms with Crippen LogP contribution in [0.3, 0.4) is 0 Å². The predicted molar refractivity (Wildman–Crippen MR) is 136 cm³/mol. The number of anilines is 2. The Morgan fingerprint density at radius 3 is 2.34 bits per heavy atom. The summed E-state index contributed by atoms with van der Waals surface area (Å²) in [5, 5.41) is 14.5. The summed E-state index contributed by atoms with van der Waals surface area (Å²) in [6, 6.07) is 18.5. The summed E-state index contributed by atoms with van der Waals surface area (Å²) in [5.74, 6) is -0.124. The molecular formula is C25H28N4O5S. The average Bonchev–Trinajstić information content (AvgIpc) is 2.81. The lowest BCUT2D eigenvalue weighted by Crippen LogP contribution is -2.27. The number of rotatable bonds is 10. The van der Waals surface area contributed by atoms with Gasteiger partial charge in [0.1, 0.15) is 5.69 Å². The van der Waals surface area contributed by atoms with E-state index in [0.717, 1.165) is 22.8 Å². The molecular weight excluding hydrogens is 468 g/mol. The van der Waals surface area contributed by atoms with Crippen molar-refractivity contribution in [3.63, 3.8) is 0 Å². The number of sulfonamides is 1. The van der Waals surface area contributed by atoms with E-state index in [0.29, 0.717) is 12.2 Å². The third-order valence-electron chi connectivity index (χ3n) is 5.45. The molecule has 3 aromatic rings. The topological polar surface area (TPSA) is 122 Å². The van der Waals surface area contributed by atoms with Gasteiger partial charge in [-0.3, -0.25) is 19.6 Å². The van der Waals surface area contributed by atoms with Crippen molar-refractivity contribution in [2.24, 2.45) is 0 Å². The van der Waals surface area contributed by atoms with Gasteiger partial charge in [0.25, 0.3) is 15.7 Å². The number of nitro benzene ring substituents is 1. The Balaban J connectivity index is 1.67. The lowest BCUT2D eigenvalue weighted by molar-refractivity contribution is -0.384. The molecule has 0 bridgehead atoms. The molecule has 3 aromatic carbocycles. The average molecular weight is 497 g/mol. The second kappa shape index (κ2) is 11.0. The van der Waals surface area contributed by atoms with Crippen LogP contribution in [0, 0.1) is 24.0 Å². The van der Waals surface area contributed by atoms with Gasteiger partial charge in [0, 0.05) is 32.6 Å². The summed E-state index contributed by atoms with van der Waals surface area (Å²) < 4.78 is 28.2. The van der Waals surface area contributed by atoms with Crippen molar-refractivity contribution in [3.8, 4) is 0 Å². The van der Waals surface area contributed by atoms with Crippen molar-refractivity contribution in [1.29, 1.82) is 0 Å². The molecule has 0 atom stereocenters. The van der Waals surface area contributed by atoms with E-state index in [1.54, 1.807) is 31.0 Å². The summed E-state index contributed by atoms with van der Waals surface area (Å²) in [6.07, 6.45) is 0.120. The van der Waals surface area contributed by atoms with Crippen LogP contribution < -0.4 is 10.0 Å². The minimum absolute atomic E-state index is 0.120. The molecule has 1 amide bonds. The first-order valence-electron chi connectivity index (χ1n) is 11.0. The second-order valence-corrected chi connectivity index (χ2v) is 9.95. The summed E-state index contributed by atoms with van der Waals surface area (Å²) in [4.78, 5) is 24.8. The highest BCUT2D eigenvalue weighted by Crippen LogP contribution is 2.29. The fourth-order valence-corrected chi connectivity index (χ4v) is 4.70. The van der Waals surface area contributed by atoms with Gasteiger partial charge in [-0.2, -0.15) is 0 Å². The molecule has 0 aliphatic rings. The maximum Gasteiger partial charge on any atom is 0.293 e. The Labute approximate surface area is 205 Å². The quantitative estimate of drug-likeness (QED) is 0.315.